The molecule has 0 aliphatic carbocycles. The molecule has 2 aromatic heterocycles. The van der Waals surface area contributed by atoms with Crippen LogP contribution in [0.4, 0.5) is 0 Å². The lowest BCUT2D eigenvalue weighted by Gasteiger charge is -2.27. The number of hydrogen-bond donors (Lipinski definition) is 1. The molecule has 0 radical (unpaired) electrons. The summed E-state index contributed by atoms with van der Waals surface area (Å²) in [5.41, 5.74) is 5.21. The van der Waals surface area contributed by atoms with Crippen LogP contribution in [0.2, 0.25) is 0 Å². The van der Waals surface area contributed by atoms with Crippen molar-refractivity contribution in [2.24, 2.45) is 0 Å². The summed E-state index contributed by atoms with van der Waals surface area (Å²) in [6, 6.07) is 17.6. The molecule has 1 N–H and O–H groups in total. The number of para-hydroxylation sites is 2. The number of benzene rings is 2. The van der Waals surface area contributed by atoms with Gasteiger partial charge in [-0.15, -0.1) is 0 Å². The Morgan fingerprint density at radius 2 is 1.75 bits per heavy atom. The van der Waals surface area contributed by atoms with Crippen molar-refractivity contribution in [3.8, 4) is 11.4 Å². The third kappa shape index (κ3) is 3.18. The molecule has 1 aliphatic rings. The van der Waals surface area contributed by atoms with Crippen LogP contribution >= 0.6 is 0 Å². The highest BCUT2D eigenvalue weighted by Gasteiger charge is 2.22. The van der Waals surface area contributed by atoms with E-state index in [1.807, 2.05) is 60.8 Å². The van der Waals surface area contributed by atoms with E-state index in [4.69, 9.17) is 9.97 Å². The van der Waals surface area contributed by atoms with Crippen LogP contribution < -0.4 is 5.56 Å². The van der Waals surface area contributed by atoms with Crippen LogP contribution in [0.3, 0.4) is 0 Å². The lowest BCUT2D eigenvalue weighted by atomic mass is 10.1. The smallest absolute Gasteiger partial charge is 0.255 e. The van der Waals surface area contributed by atoms with Crippen molar-refractivity contribution in [1.29, 1.82) is 0 Å². The first-order chi connectivity index (χ1) is 13.8. The van der Waals surface area contributed by atoms with Crippen LogP contribution in [0.15, 0.2) is 65.6 Å². The van der Waals surface area contributed by atoms with Gasteiger partial charge in [-0.3, -0.25) is 14.7 Å². The molecular formula is C22H19N5O. The largest absolute Gasteiger partial charge is 0.306 e. The quantitative estimate of drug-likeness (QED) is 0.601. The van der Waals surface area contributed by atoms with Gasteiger partial charge in [0.2, 0.25) is 0 Å². The van der Waals surface area contributed by atoms with Gasteiger partial charge in [-0.1, -0.05) is 42.5 Å². The van der Waals surface area contributed by atoms with Crippen molar-refractivity contribution in [2.75, 3.05) is 6.54 Å². The molecule has 6 nitrogen and oxygen atoms in total. The van der Waals surface area contributed by atoms with E-state index in [1.165, 1.54) is 0 Å². The minimum Gasteiger partial charge on any atom is -0.306 e. The number of aromatic nitrogens is 4. The predicted octanol–water partition coefficient (Wildman–Crippen LogP) is 2.94. The number of H-pyrrole nitrogens is 1. The summed E-state index contributed by atoms with van der Waals surface area (Å²) >= 11 is 0. The van der Waals surface area contributed by atoms with Crippen LogP contribution in [0, 0.1) is 0 Å². The van der Waals surface area contributed by atoms with Crippen LogP contribution in [-0.2, 0) is 19.5 Å². The minimum atomic E-state index is -0.0573. The maximum Gasteiger partial charge on any atom is 0.255 e. The molecule has 0 unspecified atom stereocenters. The minimum absolute atomic E-state index is 0.0573. The Balaban J connectivity index is 1.39. The third-order valence-electron chi connectivity index (χ3n) is 5.08. The molecule has 6 heteroatoms. The summed E-state index contributed by atoms with van der Waals surface area (Å²) in [7, 11) is 0. The molecule has 0 saturated heterocycles. The Bertz CT molecular complexity index is 1200. The summed E-state index contributed by atoms with van der Waals surface area (Å²) in [5, 5.41) is 0. The van der Waals surface area contributed by atoms with Crippen molar-refractivity contribution >= 4 is 11.0 Å². The summed E-state index contributed by atoms with van der Waals surface area (Å²) in [4.78, 5) is 31.7. The maximum atomic E-state index is 12.7. The van der Waals surface area contributed by atoms with Gasteiger partial charge in [-0.25, -0.2) is 9.97 Å². The van der Waals surface area contributed by atoms with Crippen molar-refractivity contribution in [3.05, 3.63) is 88.1 Å². The van der Waals surface area contributed by atoms with E-state index in [0.717, 1.165) is 46.5 Å². The molecule has 1 aliphatic heterocycles. The van der Waals surface area contributed by atoms with Gasteiger partial charge in [-0.2, -0.15) is 0 Å². The van der Waals surface area contributed by atoms with Crippen LogP contribution in [-0.4, -0.2) is 31.4 Å². The van der Waals surface area contributed by atoms with Crippen molar-refractivity contribution in [1.82, 2.24) is 24.8 Å². The van der Waals surface area contributed by atoms with Gasteiger partial charge in [-0.05, 0) is 12.1 Å². The molecule has 5 rings (SSSR count). The average Bonchev–Trinajstić information content (AvgIpc) is 2.74. The first kappa shape index (κ1) is 16.8. The van der Waals surface area contributed by atoms with Gasteiger partial charge < -0.3 is 4.98 Å². The van der Waals surface area contributed by atoms with E-state index in [9.17, 15) is 4.79 Å². The number of nitrogens with zero attached hydrogens (tertiary/aromatic N) is 4. The fourth-order valence-electron chi connectivity index (χ4n) is 3.65. The van der Waals surface area contributed by atoms with Crippen molar-refractivity contribution in [3.63, 3.8) is 0 Å². The summed E-state index contributed by atoms with van der Waals surface area (Å²) < 4.78 is 0. The van der Waals surface area contributed by atoms with E-state index in [2.05, 4.69) is 14.9 Å². The number of nitrogens with one attached hydrogen (secondary N) is 1. The fourth-order valence-corrected chi connectivity index (χ4v) is 3.65. The highest BCUT2D eigenvalue weighted by atomic mass is 16.1. The standard InChI is InChI=1S/C22H19N5O/c28-22-17-14-27(13-16-12-23-19-8-4-5-9-20(19)24-16)11-10-18(17)25-21(26-22)15-6-2-1-3-7-15/h1-9,12H,10-11,13-14H2,(H,25,26,28). The second kappa shape index (κ2) is 6.98. The number of aromatic amines is 1. The molecule has 0 saturated carbocycles. The molecule has 2 aromatic carbocycles. The summed E-state index contributed by atoms with van der Waals surface area (Å²) in [5.74, 6) is 0.637. The van der Waals surface area contributed by atoms with Gasteiger partial charge in [0, 0.05) is 31.6 Å². The van der Waals surface area contributed by atoms with E-state index in [0.29, 0.717) is 18.9 Å². The monoisotopic (exact) mass is 369 g/mol. The summed E-state index contributed by atoms with van der Waals surface area (Å²) in [6.07, 6.45) is 2.57. The highest BCUT2D eigenvalue weighted by molar-refractivity contribution is 5.73. The number of hydrogen-bond acceptors (Lipinski definition) is 5. The van der Waals surface area contributed by atoms with E-state index in [-0.39, 0.29) is 5.56 Å². The van der Waals surface area contributed by atoms with E-state index < -0.39 is 0 Å². The van der Waals surface area contributed by atoms with Gasteiger partial charge in [0.15, 0.2) is 0 Å². The van der Waals surface area contributed by atoms with E-state index in [1.54, 1.807) is 0 Å². The zero-order valence-electron chi connectivity index (χ0n) is 15.3. The van der Waals surface area contributed by atoms with Crippen LogP contribution in [0.1, 0.15) is 17.0 Å². The van der Waals surface area contributed by atoms with E-state index >= 15 is 0 Å². The normalized spacial score (nSPS) is 14.1. The molecule has 28 heavy (non-hydrogen) atoms. The van der Waals surface area contributed by atoms with Crippen LogP contribution in [0.5, 0.6) is 0 Å². The predicted molar refractivity (Wildman–Crippen MR) is 108 cm³/mol. The van der Waals surface area contributed by atoms with Crippen molar-refractivity contribution in [2.45, 2.75) is 19.5 Å². The first-order valence-electron chi connectivity index (χ1n) is 9.37. The van der Waals surface area contributed by atoms with Crippen LogP contribution in [0.25, 0.3) is 22.4 Å². The van der Waals surface area contributed by atoms with Crippen molar-refractivity contribution < 1.29 is 0 Å². The zero-order chi connectivity index (χ0) is 18.9. The SMILES string of the molecule is O=c1[nH]c(-c2ccccc2)nc2c1CN(Cc1cnc3ccccc3n1)CC2. The summed E-state index contributed by atoms with van der Waals surface area (Å²) in [6.45, 7) is 2.07. The number of fused-ring (bicyclic) bond motifs is 2. The third-order valence-corrected chi connectivity index (χ3v) is 5.08. The molecule has 0 atom stereocenters. The lowest BCUT2D eigenvalue weighted by molar-refractivity contribution is 0.239. The molecule has 0 amide bonds. The Kier molecular flexibility index (Phi) is 4.18. The van der Waals surface area contributed by atoms with Gasteiger partial charge in [0.1, 0.15) is 5.82 Å². The van der Waals surface area contributed by atoms with Gasteiger partial charge >= 0.3 is 0 Å². The first-order valence-corrected chi connectivity index (χ1v) is 9.37. The maximum absolute atomic E-state index is 12.7. The molecule has 3 heterocycles. The Morgan fingerprint density at radius 1 is 0.964 bits per heavy atom. The fraction of sp³-hybridized carbons (Fsp3) is 0.182. The number of rotatable bonds is 3. The molecule has 0 fully saturated rings. The molecule has 138 valence electrons. The topological polar surface area (TPSA) is 74.8 Å². The average molecular weight is 369 g/mol. The zero-order valence-corrected chi connectivity index (χ0v) is 15.3. The second-order valence-electron chi connectivity index (χ2n) is 7.02. The Hall–Kier alpha value is -3.38. The molecule has 0 bridgehead atoms. The van der Waals surface area contributed by atoms with Gasteiger partial charge in [0.25, 0.3) is 5.56 Å². The lowest BCUT2D eigenvalue weighted by Crippen LogP contribution is -2.35. The molecular weight excluding hydrogens is 350 g/mol. The van der Waals surface area contributed by atoms with Gasteiger partial charge in [0.05, 0.1) is 34.2 Å². The molecule has 0 spiro atoms. The Morgan fingerprint density at radius 3 is 2.61 bits per heavy atom. The molecule has 4 aromatic rings. The Labute approximate surface area is 161 Å². The highest BCUT2D eigenvalue weighted by Crippen LogP contribution is 2.20. The second-order valence-corrected chi connectivity index (χ2v) is 7.02.